The van der Waals surface area contributed by atoms with Crippen LogP contribution in [0.1, 0.15) is 68.1 Å². The van der Waals surface area contributed by atoms with E-state index in [1.807, 2.05) is 4.40 Å². The maximum Gasteiger partial charge on any atom is 0.230 e. The highest BCUT2D eigenvalue weighted by atomic mass is 32.2. The number of hydrogen-bond acceptors (Lipinski definition) is 6. The number of carbonyl (C=O) groups excluding carboxylic acids is 1. The summed E-state index contributed by atoms with van der Waals surface area (Å²) in [5.74, 6) is 1.62. The Morgan fingerprint density at radius 1 is 1.25 bits per heavy atom. The van der Waals surface area contributed by atoms with Crippen molar-refractivity contribution in [2.75, 3.05) is 5.75 Å². The van der Waals surface area contributed by atoms with Crippen LogP contribution in [0.15, 0.2) is 5.16 Å². The van der Waals surface area contributed by atoms with Crippen molar-refractivity contribution in [2.45, 2.75) is 76.9 Å². The predicted octanol–water partition coefficient (Wildman–Crippen LogP) is 4.62. The second-order valence-electron chi connectivity index (χ2n) is 7.92. The number of fused-ring (bicyclic) bond motifs is 3. The van der Waals surface area contributed by atoms with Crippen molar-refractivity contribution < 1.29 is 4.79 Å². The lowest BCUT2D eigenvalue weighted by molar-refractivity contribution is -0.119. The van der Waals surface area contributed by atoms with Crippen LogP contribution in [-0.4, -0.2) is 37.3 Å². The van der Waals surface area contributed by atoms with E-state index in [2.05, 4.69) is 43.2 Å². The van der Waals surface area contributed by atoms with Crippen molar-refractivity contribution in [2.24, 2.45) is 0 Å². The Morgan fingerprint density at radius 3 is 2.71 bits per heavy atom. The first-order chi connectivity index (χ1) is 13.5. The van der Waals surface area contributed by atoms with Crippen LogP contribution >= 0.6 is 23.1 Å². The second-order valence-corrected chi connectivity index (χ2v) is 10.1. The Kier molecular flexibility index (Phi) is 5.60. The number of thioether (sulfide) groups is 1. The number of nitrogens with one attached hydrogen (secondary N) is 1. The molecule has 150 valence electrons. The van der Waals surface area contributed by atoms with E-state index in [0.29, 0.717) is 11.8 Å². The van der Waals surface area contributed by atoms with Gasteiger partial charge in [-0.2, -0.15) is 0 Å². The van der Waals surface area contributed by atoms with Crippen LogP contribution in [-0.2, 0) is 4.79 Å². The lowest BCUT2D eigenvalue weighted by Gasteiger charge is -2.22. The molecule has 3 aromatic rings. The highest BCUT2D eigenvalue weighted by Gasteiger charge is 2.22. The van der Waals surface area contributed by atoms with Gasteiger partial charge in [0.15, 0.2) is 10.8 Å². The second kappa shape index (κ2) is 7.99. The molecule has 1 aliphatic rings. The van der Waals surface area contributed by atoms with Gasteiger partial charge in [0.2, 0.25) is 5.91 Å². The number of aryl methyl sites for hydroxylation is 2. The zero-order valence-corrected chi connectivity index (χ0v) is 18.5. The van der Waals surface area contributed by atoms with Crippen LogP contribution in [0.2, 0.25) is 0 Å². The summed E-state index contributed by atoms with van der Waals surface area (Å²) in [6.07, 6.45) is 5.91. The Morgan fingerprint density at radius 2 is 2.00 bits per heavy atom. The van der Waals surface area contributed by atoms with E-state index in [-0.39, 0.29) is 11.8 Å². The number of amides is 1. The highest BCUT2D eigenvalue weighted by Crippen LogP contribution is 2.34. The van der Waals surface area contributed by atoms with E-state index in [4.69, 9.17) is 4.98 Å². The Hall–Kier alpha value is -1.67. The molecule has 1 N–H and O–H groups in total. The molecule has 0 bridgehead atoms. The summed E-state index contributed by atoms with van der Waals surface area (Å²) in [7, 11) is 0. The van der Waals surface area contributed by atoms with Crippen molar-refractivity contribution in [1.82, 2.24) is 24.9 Å². The van der Waals surface area contributed by atoms with Gasteiger partial charge in [-0.15, -0.1) is 21.5 Å². The molecule has 4 rings (SSSR count). The average Bonchev–Trinajstić information content (AvgIpc) is 3.21. The largest absolute Gasteiger partial charge is 0.353 e. The van der Waals surface area contributed by atoms with Gasteiger partial charge in [-0.3, -0.25) is 9.20 Å². The number of thiophene rings is 1. The summed E-state index contributed by atoms with van der Waals surface area (Å²) < 4.78 is 2.05. The molecular formula is C20H27N5OS2. The predicted molar refractivity (Wildman–Crippen MR) is 115 cm³/mol. The smallest absolute Gasteiger partial charge is 0.230 e. The zero-order valence-electron chi connectivity index (χ0n) is 16.9. The first-order valence-corrected chi connectivity index (χ1v) is 11.8. The zero-order chi connectivity index (χ0) is 19.8. The van der Waals surface area contributed by atoms with E-state index in [9.17, 15) is 4.79 Å². The number of nitrogens with zero attached hydrogens (tertiary/aromatic N) is 4. The summed E-state index contributed by atoms with van der Waals surface area (Å²) in [4.78, 5) is 19.6. The van der Waals surface area contributed by atoms with E-state index < -0.39 is 0 Å². The van der Waals surface area contributed by atoms with Crippen LogP contribution < -0.4 is 5.32 Å². The molecule has 0 spiro atoms. The quantitative estimate of drug-likeness (QED) is 0.613. The molecule has 0 saturated heterocycles. The first-order valence-electron chi connectivity index (χ1n) is 10.0. The lowest BCUT2D eigenvalue weighted by Crippen LogP contribution is -2.37. The van der Waals surface area contributed by atoms with Crippen LogP contribution in [0.25, 0.3) is 15.9 Å². The van der Waals surface area contributed by atoms with Crippen molar-refractivity contribution in [1.29, 1.82) is 0 Å². The Bertz CT molecular complexity index is 1020. The molecule has 0 aromatic carbocycles. The highest BCUT2D eigenvalue weighted by molar-refractivity contribution is 7.99. The van der Waals surface area contributed by atoms with E-state index in [1.165, 1.54) is 41.5 Å². The fraction of sp³-hybridized carbons (Fsp3) is 0.600. The van der Waals surface area contributed by atoms with E-state index in [1.54, 1.807) is 11.3 Å². The number of rotatable bonds is 5. The summed E-state index contributed by atoms with van der Waals surface area (Å²) in [6.45, 7) is 8.50. The molecule has 3 aromatic heterocycles. The molecule has 0 atom stereocenters. The van der Waals surface area contributed by atoms with Gasteiger partial charge in [-0.25, -0.2) is 4.98 Å². The molecule has 6 nitrogen and oxygen atoms in total. The number of hydrogen-bond donors (Lipinski definition) is 1. The van der Waals surface area contributed by atoms with Crippen LogP contribution in [0.5, 0.6) is 0 Å². The molecule has 1 amide bonds. The van der Waals surface area contributed by atoms with Gasteiger partial charge < -0.3 is 5.32 Å². The maximum absolute atomic E-state index is 12.4. The minimum Gasteiger partial charge on any atom is -0.353 e. The van der Waals surface area contributed by atoms with Crippen molar-refractivity contribution in [3.8, 4) is 0 Å². The van der Waals surface area contributed by atoms with Crippen molar-refractivity contribution in [3.63, 3.8) is 0 Å². The van der Waals surface area contributed by atoms with Crippen LogP contribution in [0.4, 0.5) is 0 Å². The molecule has 0 aliphatic heterocycles. The molecular weight excluding hydrogens is 390 g/mol. The first kappa shape index (κ1) is 19.6. The van der Waals surface area contributed by atoms with Crippen LogP contribution in [0, 0.1) is 13.8 Å². The molecule has 1 aliphatic carbocycles. The SMILES string of the molecule is Cc1sc2nc(C(C)C)n3c(SCC(=O)NC4CCCCC4)nnc3c2c1C. The minimum atomic E-state index is 0.0799. The maximum atomic E-state index is 12.4. The van der Waals surface area contributed by atoms with Gasteiger partial charge in [0.25, 0.3) is 0 Å². The summed E-state index contributed by atoms with van der Waals surface area (Å²) in [5, 5.41) is 13.9. The monoisotopic (exact) mass is 417 g/mol. The van der Waals surface area contributed by atoms with Gasteiger partial charge in [0.05, 0.1) is 11.1 Å². The number of carbonyl (C=O) groups is 1. The molecule has 0 unspecified atom stereocenters. The topological polar surface area (TPSA) is 72.2 Å². The Balaban J connectivity index is 1.62. The average molecular weight is 418 g/mol. The van der Waals surface area contributed by atoms with Gasteiger partial charge in [0.1, 0.15) is 10.7 Å². The molecule has 8 heteroatoms. The summed E-state index contributed by atoms with van der Waals surface area (Å²) in [6, 6.07) is 0.334. The normalized spacial score (nSPS) is 15.8. The van der Waals surface area contributed by atoms with Gasteiger partial charge in [-0.1, -0.05) is 44.9 Å². The Labute approximate surface area is 173 Å². The van der Waals surface area contributed by atoms with Gasteiger partial charge in [0, 0.05) is 16.8 Å². The molecule has 3 heterocycles. The van der Waals surface area contributed by atoms with Crippen molar-refractivity contribution >= 4 is 44.9 Å². The fourth-order valence-corrected chi connectivity index (χ4v) is 5.65. The third-order valence-electron chi connectivity index (χ3n) is 5.49. The molecule has 28 heavy (non-hydrogen) atoms. The van der Waals surface area contributed by atoms with Crippen molar-refractivity contribution in [3.05, 3.63) is 16.3 Å². The summed E-state index contributed by atoms with van der Waals surface area (Å²) >= 11 is 3.16. The molecule has 0 radical (unpaired) electrons. The van der Waals surface area contributed by atoms with E-state index in [0.717, 1.165) is 39.7 Å². The third kappa shape index (κ3) is 3.64. The standard InChI is InChI=1S/C20H27N5OS2/c1-11(2)17-22-19-16(12(3)13(4)28-19)18-23-24-20(25(17)18)27-10-15(26)21-14-8-6-5-7-9-14/h11,14H,5-10H2,1-4H3,(H,21,26). The van der Waals surface area contributed by atoms with Gasteiger partial charge in [-0.05, 0) is 32.3 Å². The van der Waals surface area contributed by atoms with Crippen LogP contribution in [0.3, 0.4) is 0 Å². The molecule has 1 saturated carbocycles. The summed E-state index contributed by atoms with van der Waals surface area (Å²) in [5.41, 5.74) is 2.07. The number of aromatic nitrogens is 4. The third-order valence-corrected chi connectivity index (χ3v) is 7.52. The van der Waals surface area contributed by atoms with E-state index >= 15 is 0 Å². The fourth-order valence-electron chi connectivity index (χ4n) is 3.87. The minimum absolute atomic E-state index is 0.0799. The molecule has 1 fully saturated rings. The van der Waals surface area contributed by atoms with Gasteiger partial charge >= 0.3 is 0 Å². The lowest BCUT2D eigenvalue weighted by atomic mass is 9.95.